The first kappa shape index (κ1) is 85.1. The minimum Gasteiger partial charge on any atom is -0.328 e. The van der Waals surface area contributed by atoms with E-state index in [1.807, 2.05) is 57.2 Å². The van der Waals surface area contributed by atoms with Crippen molar-refractivity contribution in [2.24, 2.45) is 0 Å². The first-order valence-corrected chi connectivity index (χ1v) is 40.1. The van der Waals surface area contributed by atoms with Crippen LogP contribution in [0.2, 0.25) is 0 Å². The highest BCUT2D eigenvalue weighted by Crippen LogP contribution is 2.34. The summed E-state index contributed by atoms with van der Waals surface area (Å²) in [6.07, 6.45) is 7.43. The summed E-state index contributed by atoms with van der Waals surface area (Å²) in [4.78, 5) is 170. The minimum absolute atomic E-state index is 0.0271. The molecule has 12 heterocycles. The predicted octanol–water partition coefficient (Wildman–Crippen LogP) is 11.7. The van der Waals surface area contributed by atoms with Gasteiger partial charge in [0, 0.05) is 135 Å². The van der Waals surface area contributed by atoms with E-state index in [4.69, 9.17) is 0 Å². The zero-order chi connectivity index (χ0) is 85.5. The third kappa shape index (κ3) is 19.8. The fraction of sp³-hybridized carbons (Fsp3) is 0.318. The van der Waals surface area contributed by atoms with Crippen LogP contribution in [0.25, 0.3) is 66.1 Å². The van der Waals surface area contributed by atoms with E-state index in [1.54, 1.807) is 111 Å². The van der Waals surface area contributed by atoms with Crippen LogP contribution in [0.5, 0.6) is 0 Å². The molecule has 15 rings (SSSR count). The second-order valence-corrected chi connectivity index (χ2v) is 31.1. The van der Waals surface area contributed by atoms with Gasteiger partial charge >= 0.3 is 0 Å². The van der Waals surface area contributed by atoms with Crippen molar-refractivity contribution >= 4 is 135 Å². The highest BCUT2D eigenvalue weighted by atomic mass is 79.9. The van der Waals surface area contributed by atoms with Gasteiger partial charge in [0.2, 0.25) is 29.5 Å². The van der Waals surface area contributed by atoms with Crippen LogP contribution in [-0.2, 0) is 72.5 Å². The van der Waals surface area contributed by atoms with Gasteiger partial charge < -0.3 is 30.1 Å². The quantitative estimate of drug-likeness (QED) is 0.0443. The molecule has 3 aliphatic rings. The number of pyridine rings is 3. The van der Waals surface area contributed by atoms with Crippen LogP contribution in [0, 0.1) is 20.8 Å². The van der Waals surface area contributed by atoms with Crippen LogP contribution in [0.1, 0.15) is 126 Å². The van der Waals surface area contributed by atoms with Gasteiger partial charge in [-0.25, -0.2) is 53.0 Å². The van der Waals surface area contributed by atoms with Crippen molar-refractivity contribution in [3.8, 4) is 33.4 Å². The van der Waals surface area contributed by atoms with E-state index < -0.39 is 66.2 Å². The lowest BCUT2D eigenvalue weighted by Crippen LogP contribution is -2.44. The summed E-state index contributed by atoms with van der Waals surface area (Å²) in [6.45, 7) is 11.8. The zero-order valence-corrected chi connectivity index (χ0v) is 69.6. The number of amides is 5. The molecule has 0 radical (unpaired) electrons. The van der Waals surface area contributed by atoms with Gasteiger partial charge in [0.1, 0.15) is 111 Å². The number of carbonyl (C=O) groups is 10. The Bertz CT molecular complexity index is 6010. The number of ketones is 5. The number of hydrogen-bond acceptors (Lipinski definition) is 22. The molecule has 3 aromatic carbocycles. The van der Waals surface area contributed by atoms with E-state index >= 15 is 0 Å². The molecule has 0 aliphatic carbocycles. The van der Waals surface area contributed by atoms with Crippen molar-refractivity contribution in [3.05, 3.63) is 201 Å². The molecule has 5 amide bonds. The first-order valence-electron chi connectivity index (χ1n) is 38.5. The maximum atomic E-state index is 14.5. The molecule has 120 heavy (non-hydrogen) atoms. The molecular formula is C85H81Br2F3N20O10. The summed E-state index contributed by atoms with van der Waals surface area (Å²) in [5.41, 5.74) is 9.23. The first-order chi connectivity index (χ1) is 57.4. The van der Waals surface area contributed by atoms with Gasteiger partial charge in [-0.3, -0.25) is 62.2 Å². The molecule has 0 saturated carbocycles. The summed E-state index contributed by atoms with van der Waals surface area (Å²) >= 11 is 6.49. The molecule has 12 aromatic rings. The summed E-state index contributed by atoms with van der Waals surface area (Å²) in [5, 5.41) is 20.2. The third-order valence-electron chi connectivity index (χ3n) is 20.6. The standard InChI is InChI=1S/C29H27BrFN7O4.C29H29FN6O3.C27H25BrFN7O3/c1-16(39)6-9-25-32-12-19(13-33-25)18-7-8-22-21(10-18)28(17(2)40)36-38(22)15-27(41)37-14-20(31)11-23(37)29(42)35-26-5-3-4-24(30)34-26;1-16-5-6-17(2)33-24(16)11-27(38)26-10-22(30)14-35(26)28(39)15-36-25-8-7-20(21-12-31-19(4)32-13-21)9-23(25)29(34-36)18(3)37;1-3-23-30-11-17(12-31-23)16-7-8-20-19(9-16)26(15(2)37)34-36(20)14-25(38)35-13-18(29)10-21(35)27(39)33-24-6-4-5-22(28)32-24/h3-5,7-8,10,12-13,20,23H,6,9,11,14-15H2,1-2H3,(H,34,35,42);5-9,12-13,22,26H,10-11,14-15H2,1-4H3;4-9,11-12,18,21H,3,10,13-14H2,1-2H3,(H,32,33,39)/t20-,23+;22-,26+;18-,21+/m111/s1. The third-order valence-corrected chi connectivity index (χ3v) is 21.5. The Balaban J connectivity index is 0.000000156. The van der Waals surface area contributed by atoms with Crippen molar-refractivity contribution in [2.45, 2.75) is 157 Å². The molecule has 0 bridgehead atoms. The molecule has 9 aromatic heterocycles. The predicted molar refractivity (Wildman–Crippen MR) is 444 cm³/mol. The molecule has 616 valence electrons. The number of rotatable bonds is 23. The van der Waals surface area contributed by atoms with Crippen LogP contribution in [0.15, 0.2) is 150 Å². The van der Waals surface area contributed by atoms with E-state index in [2.05, 4.69) is 103 Å². The van der Waals surface area contributed by atoms with Gasteiger partial charge in [0.05, 0.1) is 54.3 Å². The molecule has 35 heteroatoms. The lowest BCUT2D eigenvalue weighted by molar-refractivity contribution is -0.138. The highest BCUT2D eigenvalue weighted by molar-refractivity contribution is 9.10. The van der Waals surface area contributed by atoms with Crippen molar-refractivity contribution in [3.63, 3.8) is 0 Å². The molecule has 3 aliphatic heterocycles. The second kappa shape index (κ2) is 37.0. The van der Waals surface area contributed by atoms with Crippen molar-refractivity contribution in [1.82, 2.24) is 88.9 Å². The van der Waals surface area contributed by atoms with Crippen LogP contribution in [0.3, 0.4) is 0 Å². The summed E-state index contributed by atoms with van der Waals surface area (Å²) < 4.78 is 48.7. The number of carbonyl (C=O) groups excluding carboxylic acids is 10. The molecule has 3 saturated heterocycles. The van der Waals surface area contributed by atoms with Crippen molar-refractivity contribution in [1.29, 1.82) is 0 Å². The lowest BCUT2D eigenvalue weighted by Gasteiger charge is -2.23. The normalized spacial score (nSPS) is 16.9. The van der Waals surface area contributed by atoms with Gasteiger partial charge in [-0.05, 0) is 149 Å². The summed E-state index contributed by atoms with van der Waals surface area (Å²) in [5.74, 6) is -0.956. The Morgan fingerprint density at radius 1 is 0.450 bits per heavy atom. The van der Waals surface area contributed by atoms with Gasteiger partial charge in [-0.15, -0.1) is 0 Å². The lowest BCUT2D eigenvalue weighted by atomic mass is 10.0. The Hall–Kier alpha value is -12.8. The molecule has 6 atom stereocenters. The topological polar surface area (TPSA) is 374 Å². The molecular weight excluding hydrogens is 1680 g/mol. The average Bonchev–Trinajstić information content (AvgIpc) is 1.63. The van der Waals surface area contributed by atoms with Gasteiger partial charge in [0.25, 0.3) is 0 Å². The summed E-state index contributed by atoms with van der Waals surface area (Å²) in [6, 6.07) is 27.1. The van der Waals surface area contributed by atoms with Crippen molar-refractivity contribution in [2.75, 3.05) is 30.3 Å². The fourth-order valence-corrected chi connectivity index (χ4v) is 15.2. The van der Waals surface area contributed by atoms with Gasteiger partial charge in [-0.1, -0.05) is 43.3 Å². The Labute approximate surface area is 701 Å². The Kier molecular flexibility index (Phi) is 26.3. The molecule has 3 fully saturated rings. The van der Waals surface area contributed by atoms with Crippen LogP contribution in [0.4, 0.5) is 24.8 Å². The Morgan fingerprint density at radius 2 is 0.825 bits per heavy atom. The number of hydrogen-bond donors (Lipinski definition) is 2. The SMILES string of the molecule is CC(=O)CCc1ncc(-c2ccc3c(c2)c(C(C)=O)nn3CC(=O)N2C[C@H](F)C[C@H]2C(=O)Nc2cccc(Br)n2)cn1.CC(=O)c1nn(CC(=O)N2C[C@H](F)C[C@H]2C(=O)Cc2nc(C)ccc2C)c2ccc(-c3cnc(C)nc3)cc12.CCc1ncc(-c2ccc3c(c2)c(C(C)=O)nn3CC(=O)N2C[C@H](F)C[C@H]2C(=O)Nc2cccc(Br)n2)cn1. The number of aryl methyl sites for hydroxylation is 5. The van der Waals surface area contributed by atoms with Crippen LogP contribution >= 0.6 is 31.9 Å². The number of alkyl halides is 3. The summed E-state index contributed by atoms with van der Waals surface area (Å²) in [7, 11) is 0. The fourth-order valence-electron chi connectivity index (χ4n) is 14.5. The number of anilines is 2. The number of likely N-dealkylation sites (tertiary alicyclic amines) is 3. The molecule has 2 N–H and O–H groups in total. The minimum atomic E-state index is -1.36. The largest absolute Gasteiger partial charge is 0.328 e. The molecule has 30 nitrogen and oxygen atoms in total. The number of nitrogens with zero attached hydrogens (tertiary/aromatic N) is 18. The number of fused-ring (bicyclic) bond motifs is 3. The monoisotopic (exact) mass is 1760 g/mol. The zero-order valence-electron chi connectivity index (χ0n) is 66.5. The Morgan fingerprint density at radius 3 is 1.20 bits per heavy atom. The van der Waals surface area contributed by atoms with E-state index in [0.29, 0.717) is 83.5 Å². The van der Waals surface area contributed by atoms with Gasteiger partial charge in [0.15, 0.2) is 23.1 Å². The van der Waals surface area contributed by atoms with Gasteiger partial charge in [-0.2, -0.15) is 15.3 Å². The number of benzene rings is 3. The van der Waals surface area contributed by atoms with E-state index in [0.717, 1.165) is 51.3 Å². The van der Waals surface area contributed by atoms with Crippen molar-refractivity contribution < 1.29 is 61.1 Å². The van der Waals surface area contributed by atoms with E-state index in [9.17, 15) is 61.1 Å². The smallest absolute Gasteiger partial charge is 0.248 e. The van der Waals surface area contributed by atoms with Crippen LogP contribution in [-0.4, -0.2) is 204 Å². The van der Waals surface area contributed by atoms with E-state index in [-0.39, 0.29) is 117 Å². The number of nitrogens with one attached hydrogen (secondary N) is 2. The van der Waals surface area contributed by atoms with Crippen LogP contribution < -0.4 is 10.6 Å². The highest BCUT2D eigenvalue weighted by Gasteiger charge is 2.43. The molecule has 0 spiro atoms. The maximum absolute atomic E-state index is 14.5. The number of halogens is 5. The second-order valence-electron chi connectivity index (χ2n) is 29.4. The average molecular weight is 1760 g/mol. The maximum Gasteiger partial charge on any atom is 0.248 e. The number of Topliss-reactive ketones (excluding diaryl/α,β-unsaturated/α-hetero) is 5. The van der Waals surface area contributed by atoms with E-state index in [1.165, 1.54) is 56.4 Å². The number of aromatic nitrogens is 15. The molecule has 0 unspecified atom stereocenters.